The van der Waals surface area contributed by atoms with E-state index in [4.69, 9.17) is 19.4 Å². The quantitative estimate of drug-likeness (QED) is 0.189. The van der Waals surface area contributed by atoms with E-state index in [9.17, 15) is 0 Å². The molecule has 0 aliphatic heterocycles. The van der Waals surface area contributed by atoms with E-state index < -0.39 is 0 Å². The lowest BCUT2D eigenvalue weighted by molar-refractivity contribution is 0.670. The fraction of sp³-hybridized carbons (Fsp3) is 0. The van der Waals surface area contributed by atoms with Crippen LogP contribution in [0.15, 0.2) is 156 Å². The predicted octanol–water partition coefficient (Wildman–Crippen LogP) is 11.3. The van der Waals surface area contributed by atoms with Gasteiger partial charge in [0.15, 0.2) is 17.5 Å². The molecule has 0 unspecified atom stereocenters. The second kappa shape index (κ2) is 10.1. The smallest absolute Gasteiger partial charge is 0.164 e. The summed E-state index contributed by atoms with van der Waals surface area (Å²) in [6, 6.07) is 52.6. The van der Waals surface area contributed by atoms with Gasteiger partial charge in [-0.3, -0.25) is 0 Å². The zero-order valence-corrected chi connectivity index (χ0v) is 25.2. The second-order valence-corrected chi connectivity index (χ2v) is 12.0. The summed E-state index contributed by atoms with van der Waals surface area (Å²) < 4.78 is 6.67. The first-order valence-electron chi connectivity index (χ1n) is 15.8. The number of aromatic nitrogens is 3. The van der Waals surface area contributed by atoms with Gasteiger partial charge in [0.25, 0.3) is 0 Å². The normalized spacial score (nSPS) is 11.8. The van der Waals surface area contributed by atoms with Crippen molar-refractivity contribution in [3.63, 3.8) is 0 Å². The third kappa shape index (κ3) is 4.05. The summed E-state index contributed by atoms with van der Waals surface area (Å²) in [6.45, 7) is 0. The molecule has 0 aliphatic rings. The summed E-state index contributed by atoms with van der Waals surface area (Å²) in [5, 5.41) is 9.71. The third-order valence-corrected chi connectivity index (χ3v) is 9.23. The molecule has 0 amide bonds. The van der Waals surface area contributed by atoms with E-state index in [1.54, 1.807) is 0 Å². The molecule has 2 heterocycles. The Morgan fingerprint density at radius 3 is 1.60 bits per heavy atom. The molecule has 218 valence electrons. The Labute approximate surface area is 270 Å². The van der Waals surface area contributed by atoms with E-state index >= 15 is 0 Å². The lowest BCUT2D eigenvalue weighted by atomic mass is 9.89. The average Bonchev–Trinajstić information content (AvgIpc) is 3.52. The molecule has 0 spiro atoms. The number of fused-ring (bicyclic) bond motifs is 5. The highest BCUT2D eigenvalue weighted by atomic mass is 16.3. The van der Waals surface area contributed by atoms with Crippen LogP contribution in [0.2, 0.25) is 0 Å². The van der Waals surface area contributed by atoms with Gasteiger partial charge in [0.05, 0.1) is 0 Å². The SMILES string of the molecule is c1ccc(-c2nc(-c3ccccc3)nc(-c3cccc(-c4cc5oc6cc7ccccc7c7c8ccccc8c(c4)c5c67)c3)n2)cc1. The van der Waals surface area contributed by atoms with Crippen molar-refractivity contribution < 1.29 is 4.42 Å². The molecule has 10 rings (SSSR count). The van der Waals surface area contributed by atoms with Crippen molar-refractivity contribution in [3.05, 3.63) is 152 Å². The van der Waals surface area contributed by atoms with Crippen molar-refractivity contribution in [2.75, 3.05) is 0 Å². The highest BCUT2D eigenvalue weighted by Gasteiger charge is 2.21. The topological polar surface area (TPSA) is 51.8 Å². The molecule has 0 aliphatic carbocycles. The molecule has 2 aromatic heterocycles. The van der Waals surface area contributed by atoms with Gasteiger partial charge in [-0.25, -0.2) is 15.0 Å². The van der Waals surface area contributed by atoms with Crippen molar-refractivity contribution in [3.8, 4) is 45.3 Å². The maximum atomic E-state index is 6.67. The van der Waals surface area contributed by atoms with Gasteiger partial charge in [-0.05, 0) is 62.3 Å². The van der Waals surface area contributed by atoms with Crippen LogP contribution in [0.1, 0.15) is 0 Å². The Bertz CT molecular complexity index is 2730. The van der Waals surface area contributed by atoms with Crippen LogP contribution in [0.3, 0.4) is 0 Å². The lowest BCUT2D eigenvalue weighted by Crippen LogP contribution is -2.00. The minimum absolute atomic E-state index is 0.632. The summed E-state index contributed by atoms with van der Waals surface area (Å²) in [5.74, 6) is 1.92. The maximum Gasteiger partial charge on any atom is 0.164 e. The van der Waals surface area contributed by atoms with E-state index in [2.05, 4.69) is 91.0 Å². The first kappa shape index (κ1) is 25.9. The summed E-state index contributed by atoms with van der Waals surface area (Å²) >= 11 is 0. The number of furan rings is 1. The molecule has 0 radical (unpaired) electrons. The van der Waals surface area contributed by atoms with Crippen LogP contribution in [-0.4, -0.2) is 15.0 Å². The number of hydrogen-bond donors (Lipinski definition) is 0. The third-order valence-electron chi connectivity index (χ3n) is 9.23. The minimum Gasteiger partial charge on any atom is -0.456 e. The molecule has 47 heavy (non-hydrogen) atoms. The van der Waals surface area contributed by atoms with Gasteiger partial charge in [0.1, 0.15) is 11.2 Å². The molecule has 10 aromatic rings. The van der Waals surface area contributed by atoms with Crippen molar-refractivity contribution in [2.45, 2.75) is 0 Å². The average molecular weight is 600 g/mol. The molecule has 0 bridgehead atoms. The fourth-order valence-electron chi connectivity index (χ4n) is 7.09. The van der Waals surface area contributed by atoms with Crippen molar-refractivity contribution in [2.24, 2.45) is 0 Å². The lowest BCUT2D eigenvalue weighted by Gasteiger charge is -2.12. The molecule has 0 fully saturated rings. The molecule has 4 nitrogen and oxygen atoms in total. The zero-order chi connectivity index (χ0) is 30.9. The minimum atomic E-state index is 0.632. The standard InChI is InChI=1S/C43H25N3O/c1-3-12-26(13-4-1)41-44-42(27-14-5-2-6-15-27)46-43(45-41)30-18-11-17-28(22-30)31-23-35-33-20-9-10-21-34(33)38-32-19-8-7-16-29(32)24-37-40(38)39(35)36(25-31)47-37/h1-25H. The van der Waals surface area contributed by atoms with Crippen LogP contribution < -0.4 is 0 Å². The van der Waals surface area contributed by atoms with Crippen LogP contribution in [-0.2, 0) is 0 Å². The van der Waals surface area contributed by atoms with Gasteiger partial charge >= 0.3 is 0 Å². The Balaban J connectivity index is 1.19. The monoisotopic (exact) mass is 599 g/mol. The summed E-state index contributed by atoms with van der Waals surface area (Å²) in [5.41, 5.74) is 6.78. The molecule has 0 N–H and O–H groups in total. The van der Waals surface area contributed by atoms with Gasteiger partial charge in [-0.2, -0.15) is 0 Å². The van der Waals surface area contributed by atoms with E-state index in [0.717, 1.165) is 39.0 Å². The van der Waals surface area contributed by atoms with Crippen molar-refractivity contribution in [1.82, 2.24) is 15.0 Å². The number of benzene rings is 8. The van der Waals surface area contributed by atoms with E-state index in [1.165, 1.54) is 43.1 Å². The molecular weight excluding hydrogens is 574 g/mol. The highest BCUT2D eigenvalue weighted by Crippen LogP contribution is 2.47. The maximum absolute atomic E-state index is 6.67. The molecule has 0 saturated carbocycles. The molecule has 8 aromatic carbocycles. The number of rotatable bonds is 4. The zero-order valence-electron chi connectivity index (χ0n) is 25.2. The summed E-state index contributed by atoms with van der Waals surface area (Å²) in [4.78, 5) is 14.8. The summed E-state index contributed by atoms with van der Waals surface area (Å²) in [6.07, 6.45) is 0. The number of nitrogens with zero attached hydrogens (tertiary/aromatic N) is 3. The second-order valence-electron chi connectivity index (χ2n) is 12.0. The van der Waals surface area contributed by atoms with Gasteiger partial charge < -0.3 is 4.42 Å². The van der Waals surface area contributed by atoms with Crippen molar-refractivity contribution >= 4 is 54.3 Å². The Hall–Kier alpha value is -6.39. The Morgan fingerprint density at radius 2 is 0.872 bits per heavy atom. The summed E-state index contributed by atoms with van der Waals surface area (Å²) in [7, 11) is 0. The van der Waals surface area contributed by atoms with Gasteiger partial charge in [0.2, 0.25) is 0 Å². The Morgan fingerprint density at radius 1 is 0.319 bits per heavy atom. The van der Waals surface area contributed by atoms with Crippen LogP contribution in [0.25, 0.3) is 99.5 Å². The number of hydrogen-bond acceptors (Lipinski definition) is 4. The van der Waals surface area contributed by atoms with Crippen LogP contribution in [0, 0.1) is 0 Å². The largest absolute Gasteiger partial charge is 0.456 e. The van der Waals surface area contributed by atoms with E-state index in [-0.39, 0.29) is 0 Å². The van der Waals surface area contributed by atoms with Gasteiger partial charge in [-0.15, -0.1) is 0 Å². The van der Waals surface area contributed by atoms with Gasteiger partial charge in [-0.1, -0.05) is 127 Å². The Kier molecular flexibility index (Phi) is 5.54. The molecule has 0 atom stereocenters. The van der Waals surface area contributed by atoms with E-state index in [0.29, 0.717) is 17.5 Å². The van der Waals surface area contributed by atoms with Crippen LogP contribution in [0.5, 0.6) is 0 Å². The van der Waals surface area contributed by atoms with Crippen LogP contribution in [0.4, 0.5) is 0 Å². The molecule has 4 heteroatoms. The fourth-order valence-corrected chi connectivity index (χ4v) is 7.09. The first-order valence-corrected chi connectivity index (χ1v) is 15.8. The van der Waals surface area contributed by atoms with Gasteiger partial charge in [0, 0.05) is 32.8 Å². The molecular formula is C43H25N3O. The van der Waals surface area contributed by atoms with Crippen molar-refractivity contribution in [1.29, 1.82) is 0 Å². The van der Waals surface area contributed by atoms with E-state index in [1.807, 2.05) is 60.7 Å². The first-order chi connectivity index (χ1) is 23.3. The highest BCUT2D eigenvalue weighted by molar-refractivity contribution is 6.38. The predicted molar refractivity (Wildman–Crippen MR) is 193 cm³/mol. The molecule has 0 saturated heterocycles. The van der Waals surface area contributed by atoms with Crippen LogP contribution >= 0.6 is 0 Å².